The van der Waals surface area contributed by atoms with Crippen molar-refractivity contribution in [2.75, 3.05) is 25.0 Å². The largest absolute Gasteiger partial charge is 0.462 e. The molecule has 136 valence electrons. The number of carbonyl (C=O) groups excluding carboxylic acids is 2. The van der Waals surface area contributed by atoms with E-state index in [0.717, 1.165) is 25.9 Å². The van der Waals surface area contributed by atoms with Gasteiger partial charge in [0.15, 0.2) is 0 Å². The number of rotatable bonds is 5. The van der Waals surface area contributed by atoms with E-state index in [1.165, 1.54) is 6.20 Å². The first-order valence-electron chi connectivity index (χ1n) is 8.78. The van der Waals surface area contributed by atoms with Gasteiger partial charge in [-0.3, -0.25) is 9.89 Å². The highest BCUT2D eigenvalue weighted by molar-refractivity contribution is 6.00. The van der Waals surface area contributed by atoms with Crippen molar-refractivity contribution >= 4 is 17.7 Å². The first kappa shape index (κ1) is 20.2. The Hall–Kier alpha value is -1.89. The number of H-pyrrole nitrogens is 1. The number of piperidine rings is 1. The predicted molar refractivity (Wildman–Crippen MR) is 94.0 cm³/mol. The molecule has 1 fully saturated rings. The average Bonchev–Trinajstić information content (AvgIpc) is 3.05. The minimum Gasteiger partial charge on any atom is -0.462 e. The number of nitrogens with one attached hydrogen (secondary N) is 2. The fourth-order valence-corrected chi connectivity index (χ4v) is 2.65. The fraction of sp³-hybridized carbons (Fsp3) is 0.706. The SMILES string of the molecule is CC.CCOC(=O)c1cn[nH]c1NC(=O)C1CCN(C(C)C)CC1. The zero-order chi connectivity index (χ0) is 18.1. The van der Waals surface area contributed by atoms with Crippen LogP contribution in [-0.4, -0.2) is 52.7 Å². The molecule has 0 unspecified atom stereocenters. The second-order valence-electron chi connectivity index (χ2n) is 5.77. The van der Waals surface area contributed by atoms with E-state index in [2.05, 4.69) is 34.3 Å². The molecule has 7 nitrogen and oxygen atoms in total. The minimum atomic E-state index is -0.485. The maximum Gasteiger partial charge on any atom is 0.343 e. The van der Waals surface area contributed by atoms with E-state index in [1.54, 1.807) is 6.92 Å². The highest BCUT2D eigenvalue weighted by Gasteiger charge is 2.27. The Balaban J connectivity index is 0.00000139. The molecule has 1 aliphatic rings. The van der Waals surface area contributed by atoms with Crippen molar-refractivity contribution < 1.29 is 14.3 Å². The van der Waals surface area contributed by atoms with Gasteiger partial charge in [-0.25, -0.2) is 4.79 Å². The van der Waals surface area contributed by atoms with Gasteiger partial charge in [-0.15, -0.1) is 0 Å². The van der Waals surface area contributed by atoms with E-state index < -0.39 is 5.97 Å². The summed E-state index contributed by atoms with van der Waals surface area (Å²) in [5, 5.41) is 9.23. The van der Waals surface area contributed by atoms with Crippen LogP contribution in [0.25, 0.3) is 0 Å². The van der Waals surface area contributed by atoms with Gasteiger partial charge in [-0.05, 0) is 46.7 Å². The van der Waals surface area contributed by atoms with Crippen molar-refractivity contribution in [1.82, 2.24) is 15.1 Å². The number of hydrogen-bond donors (Lipinski definition) is 2. The van der Waals surface area contributed by atoms with Crippen molar-refractivity contribution in [2.24, 2.45) is 5.92 Å². The fourth-order valence-electron chi connectivity index (χ4n) is 2.65. The monoisotopic (exact) mass is 338 g/mol. The van der Waals surface area contributed by atoms with Crippen molar-refractivity contribution in [2.45, 2.75) is 53.5 Å². The van der Waals surface area contributed by atoms with Gasteiger partial charge in [-0.2, -0.15) is 5.10 Å². The standard InChI is InChI=1S/C15H24N4O3.C2H6/c1-4-22-15(21)12-9-16-18-13(12)17-14(20)11-5-7-19(8-6-11)10(2)3;1-2/h9-11H,4-8H2,1-3H3,(H2,16,17,18,20);1-2H3. The number of amides is 1. The number of ether oxygens (including phenoxy) is 1. The quantitative estimate of drug-likeness (QED) is 0.806. The molecule has 1 aromatic heterocycles. The summed E-state index contributed by atoms with van der Waals surface area (Å²) < 4.78 is 4.94. The van der Waals surface area contributed by atoms with Gasteiger partial charge in [0, 0.05) is 12.0 Å². The lowest BCUT2D eigenvalue weighted by molar-refractivity contribution is -0.121. The Bertz CT molecular complexity index is 520. The van der Waals surface area contributed by atoms with E-state index in [0.29, 0.717) is 11.9 Å². The molecule has 1 amide bonds. The van der Waals surface area contributed by atoms with E-state index in [4.69, 9.17) is 4.74 Å². The molecule has 24 heavy (non-hydrogen) atoms. The van der Waals surface area contributed by atoms with Gasteiger partial charge in [-0.1, -0.05) is 13.8 Å². The van der Waals surface area contributed by atoms with E-state index in [-0.39, 0.29) is 24.0 Å². The van der Waals surface area contributed by atoms with Crippen molar-refractivity contribution in [3.05, 3.63) is 11.8 Å². The Morgan fingerprint density at radius 3 is 2.54 bits per heavy atom. The summed E-state index contributed by atoms with van der Waals surface area (Å²) in [6.45, 7) is 12.2. The van der Waals surface area contributed by atoms with Crippen LogP contribution < -0.4 is 5.32 Å². The van der Waals surface area contributed by atoms with E-state index in [9.17, 15) is 9.59 Å². The molecule has 7 heteroatoms. The normalized spacial score (nSPS) is 15.6. The maximum absolute atomic E-state index is 12.3. The second-order valence-corrected chi connectivity index (χ2v) is 5.77. The molecule has 0 radical (unpaired) electrons. The average molecular weight is 338 g/mol. The maximum atomic E-state index is 12.3. The number of nitrogens with zero attached hydrogens (tertiary/aromatic N) is 2. The van der Waals surface area contributed by atoms with Crippen LogP contribution in [-0.2, 0) is 9.53 Å². The summed E-state index contributed by atoms with van der Waals surface area (Å²) in [7, 11) is 0. The number of carbonyl (C=O) groups is 2. The molecule has 0 spiro atoms. The van der Waals surface area contributed by atoms with Gasteiger partial charge in [0.25, 0.3) is 0 Å². The van der Waals surface area contributed by atoms with Crippen LogP contribution in [0.4, 0.5) is 5.82 Å². The molecule has 2 heterocycles. The summed E-state index contributed by atoms with van der Waals surface area (Å²) in [6.07, 6.45) is 3.02. The van der Waals surface area contributed by atoms with E-state index >= 15 is 0 Å². The molecule has 1 aromatic rings. The molecule has 0 bridgehead atoms. The second kappa shape index (κ2) is 10.1. The third kappa shape index (κ3) is 5.33. The lowest BCUT2D eigenvalue weighted by Crippen LogP contribution is -2.41. The zero-order valence-electron chi connectivity index (χ0n) is 15.4. The van der Waals surface area contributed by atoms with Crippen LogP contribution in [0.5, 0.6) is 0 Å². The summed E-state index contributed by atoms with van der Waals surface area (Å²) in [6, 6.07) is 0.507. The molecule has 0 atom stereocenters. The predicted octanol–water partition coefficient (Wildman–Crippen LogP) is 2.67. The first-order chi connectivity index (χ1) is 11.5. The number of aromatic nitrogens is 2. The van der Waals surface area contributed by atoms with Gasteiger partial charge in [0.05, 0.1) is 12.8 Å². The number of likely N-dealkylation sites (tertiary alicyclic amines) is 1. The lowest BCUT2D eigenvalue weighted by atomic mass is 9.95. The van der Waals surface area contributed by atoms with Crippen LogP contribution in [0.2, 0.25) is 0 Å². The van der Waals surface area contributed by atoms with Crippen LogP contribution in [0.15, 0.2) is 6.20 Å². The van der Waals surface area contributed by atoms with Crippen LogP contribution >= 0.6 is 0 Å². The lowest BCUT2D eigenvalue weighted by Gasteiger charge is -2.33. The summed E-state index contributed by atoms with van der Waals surface area (Å²) >= 11 is 0. The molecular weight excluding hydrogens is 308 g/mol. The van der Waals surface area contributed by atoms with Gasteiger partial charge in [0.1, 0.15) is 11.4 Å². The molecule has 1 saturated heterocycles. The molecule has 0 aromatic carbocycles. The molecule has 2 rings (SSSR count). The number of hydrogen-bond acceptors (Lipinski definition) is 5. The van der Waals surface area contributed by atoms with Crippen LogP contribution in [0.1, 0.15) is 57.8 Å². The topological polar surface area (TPSA) is 87.3 Å². The van der Waals surface area contributed by atoms with Crippen molar-refractivity contribution in [1.29, 1.82) is 0 Å². The van der Waals surface area contributed by atoms with Gasteiger partial charge in [0.2, 0.25) is 5.91 Å². The Labute approximate surface area is 144 Å². The summed E-state index contributed by atoms with van der Waals surface area (Å²) in [5.41, 5.74) is 0.259. The van der Waals surface area contributed by atoms with Gasteiger partial charge >= 0.3 is 5.97 Å². The molecule has 1 aliphatic heterocycles. The number of aromatic amines is 1. The zero-order valence-corrected chi connectivity index (χ0v) is 15.4. The Morgan fingerprint density at radius 1 is 1.38 bits per heavy atom. The van der Waals surface area contributed by atoms with Crippen molar-refractivity contribution in [3.63, 3.8) is 0 Å². The third-order valence-electron chi connectivity index (χ3n) is 4.01. The highest BCUT2D eigenvalue weighted by atomic mass is 16.5. The summed E-state index contributed by atoms with van der Waals surface area (Å²) in [5.74, 6) is -0.275. The molecule has 0 saturated carbocycles. The molecule has 0 aliphatic carbocycles. The van der Waals surface area contributed by atoms with Crippen molar-refractivity contribution in [3.8, 4) is 0 Å². The molecule has 2 N–H and O–H groups in total. The number of anilines is 1. The van der Waals surface area contributed by atoms with Crippen LogP contribution in [0.3, 0.4) is 0 Å². The summed E-state index contributed by atoms with van der Waals surface area (Å²) in [4.78, 5) is 26.5. The minimum absolute atomic E-state index is 0.0339. The first-order valence-corrected chi connectivity index (χ1v) is 8.78. The smallest absolute Gasteiger partial charge is 0.343 e. The van der Waals surface area contributed by atoms with E-state index in [1.807, 2.05) is 13.8 Å². The molecular formula is C17H30N4O3. The number of esters is 1. The van der Waals surface area contributed by atoms with Gasteiger partial charge < -0.3 is 15.0 Å². The third-order valence-corrected chi connectivity index (χ3v) is 4.01. The Morgan fingerprint density at radius 2 is 2.00 bits per heavy atom. The highest BCUT2D eigenvalue weighted by Crippen LogP contribution is 2.21. The van der Waals surface area contributed by atoms with Crippen LogP contribution in [0, 0.1) is 5.92 Å². The Kier molecular flexibility index (Phi) is 8.46.